The molecular weight excluding hydrogens is 361 g/mol. The number of aryl methyl sites for hydroxylation is 1. The molecule has 0 aliphatic heterocycles. The average molecular weight is 386 g/mol. The number of aromatic nitrogens is 3. The quantitative estimate of drug-likeness (QED) is 0.849. The topological polar surface area (TPSA) is 81.1 Å². The van der Waals surface area contributed by atoms with Crippen LogP contribution in [-0.2, 0) is 6.54 Å². The summed E-state index contributed by atoms with van der Waals surface area (Å²) >= 11 is 0. The van der Waals surface area contributed by atoms with Gasteiger partial charge in [-0.2, -0.15) is 0 Å². The fourth-order valence-corrected chi connectivity index (χ4v) is 3.11. The molecule has 2 aliphatic carbocycles. The Kier molecular flexibility index (Phi) is 6.30. The molecule has 2 heterocycles. The van der Waals surface area contributed by atoms with Crippen molar-refractivity contribution in [3.63, 3.8) is 0 Å². The van der Waals surface area contributed by atoms with Crippen LogP contribution in [0.4, 0.5) is 5.82 Å². The molecule has 0 radical (unpaired) electrons. The van der Waals surface area contributed by atoms with Gasteiger partial charge in [-0.3, -0.25) is 0 Å². The van der Waals surface area contributed by atoms with Gasteiger partial charge in [-0.1, -0.05) is 5.16 Å². The highest BCUT2D eigenvalue weighted by atomic mass is 35.5. The van der Waals surface area contributed by atoms with E-state index in [4.69, 9.17) is 20.2 Å². The van der Waals surface area contributed by atoms with E-state index in [-0.39, 0.29) is 24.8 Å². The number of nitrogens with two attached hydrogens (primary N) is 1. The van der Waals surface area contributed by atoms with Gasteiger partial charge in [0.25, 0.3) is 0 Å². The average Bonchev–Trinajstić information content (AvgIpc) is 3.27. The van der Waals surface area contributed by atoms with E-state index < -0.39 is 0 Å². The molecule has 2 aromatic rings. The number of nitrogens with zero attached hydrogens (tertiary/aromatic N) is 4. The Morgan fingerprint density at radius 2 is 1.88 bits per heavy atom. The summed E-state index contributed by atoms with van der Waals surface area (Å²) in [7, 11) is 2.03. The minimum atomic E-state index is 0. The Labute approximate surface area is 160 Å². The highest BCUT2D eigenvalue weighted by Crippen LogP contribution is 2.41. The summed E-state index contributed by atoms with van der Waals surface area (Å²) in [6, 6.07) is 4.41. The monoisotopic (exact) mass is 385 g/mol. The van der Waals surface area contributed by atoms with Crippen LogP contribution in [0.2, 0.25) is 0 Å². The van der Waals surface area contributed by atoms with Gasteiger partial charge in [0.2, 0.25) is 0 Å². The zero-order valence-electron chi connectivity index (χ0n) is 14.5. The lowest BCUT2D eigenvalue weighted by atomic mass is 9.78. The second-order valence-electron chi connectivity index (χ2n) is 7.00. The number of anilines is 1. The molecule has 6 nitrogen and oxygen atoms in total. The Morgan fingerprint density at radius 3 is 2.44 bits per heavy atom. The molecule has 0 amide bonds. The summed E-state index contributed by atoms with van der Waals surface area (Å²) in [6.45, 7) is 2.59. The molecule has 0 aromatic carbocycles. The zero-order chi connectivity index (χ0) is 16.0. The Balaban J connectivity index is 0.00000113. The maximum absolute atomic E-state index is 5.95. The molecule has 0 unspecified atom stereocenters. The number of halogens is 2. The molecule has 2 N–H and O–H groups in total. The van der Waals surface area contributed by atoms with Crippen LogP contribution in [0.5, 0.6) is 0 Å². The fraction of sp³-hybridized carbons (Fsp3) is 0.588. The van der Waals surface area contributed by atoms with Crippen molar-refractivity contribution in [1.82, 2.24) is 15.1 Å². The lowest BCUT2D eigenvalue weighted by molar-refractivity contribution is 0.344. The molecule has 2 saturated carbocycles. The summed E-state index contributed by atoms with van der Waals surface area (Å²) in [5.41, 5.74) is 8.00. The fourth-order valence-electron chi connectivity index (χ4n) is 3.11. The van der Waals surface area contributed by atoms with E-state index in [0.29, 0.717) is 24.4 Å². The predicted octanol–water partition coefficient (Wildman–Crippen LogP) is 3.34. The third-order valence-corrected chi connectivity index (χ3v) is 4.75. The molecular formula is C17H25Cl2N5O. The Morgan fingerprint density at radius 1 is 1.16 bits per heavy atom. The summed E-state index contributed by atoms with van der Waals surface area (Å²) < 4.78 is 5.32. The Bertz CT molecular complexity index is 713. The van der Waals surface area contributed by atoms with Gasteiger partial charge in [-0.05, 0) is 32.6 Å². The minimum absolute atomic E-state index is 0. The predicted molar refractivity (Wildman–Crippen MR) is 102 cm³/mol. The molecule has 8 heteroatoms. The smallest absolute Gasteiger partial charge is 0.156 e. The first-order chi connectivity index (χ1) is 11.1. The van der Waals surface area contributed by atoms with Gasteiger partial charge >= 0.3 is 0 Å². The number of hydrogen-bond donors (Lipinski definition) is 1. The van der Waals surface area contributed by atoms with Gasteiger partial charge in [0, 0.05) is 42.8 Å². The van der Waals surface area contributed by atoms with E-state index in [1.165, 1.54) is 12.8 Å². The van der Waals surface area contributed by atoms with E-state index >= 15 is 0 Å². The third kappa shape index (κ3) is 4.43. The van der Waals surface area contributed by atoms with Gasteiger partial charge < -0.3 is 15.2 Å². The summed E-state index contributed by atoms with van der Waals surface area (Å²) in [6.07, 6.45) is 4.48. The van der Waals surface area contributed by atoms with Crippen molar-refractivity contribution in [2.75, 3.05) is 11.9 Å². The molecule has 0 bridgehead atoms. The first-order valence-corrected chi connectivity index (χ1v) is 8.36. The van der Waals surface area contributed by atoms with Crippen LogP contribution in [0.1, 0.15) is 60.5 Å². The first kappa shape index (κ1) is 19.9. The second-order valence-corrected chi connectivity index (χ2v) is 7.00. The van der Waals surface area contributed by atoms with Crippen LogP contribution < -0.4 is 10.6 Å². The second kappa shape index (κ2) is 7.89. The van der Waals surface area contributed by atoms with Gasteiger partial charge in [-0.15, -0.1) is 24.8 Å². The lowest BCUT2D eigenvalue weighted by Gasteiger charge is -2.32. The minimum Gasteiger partial charge on any atom is -0.359 e. The first-order valence-electron chi connectivity index (χ1n) is 8.36. The maximum atomic E-state index is 5.95. The molecule has 0 atom stereocenters. The van der Waals surface area contributed by atoms with Crippen molar-refractivity contribution in [2.24, 2.45) is 5.73 Å². The molecule has 2 fully saturated rings. The van der Waals surface area contributed by atoms with Crippen molar-refractivity contribution in [2.45, 2.75) is 57.0 Å². The highest BCUT2D eigenvalue weighted by molar-refractivity contribution is 5.85. The van der Waals surface area contributed by atoms with Crippen LogP contribution in [0.3, 0.4) is 0 Å². The maximum Gasteiger partial charge on any atom is 0.156 e. The van der Waals surface area contributed by atoms with Crippen LogP contribution in [0.15, 0.2) is 16.7 Å². The summed E-state index contributed by atoms with van der Waals surface area (Å²) in [5, 5.41) is 3.95. The zero-order valence-corrected chi connectivity index (χ0v) is 16.1. The van der Waals surface area contributed by atoms with Gasteiger partial charge in [0.1, 0.15) is 11.6 Å². The van der Waals surface area contributed by atoms with E-state index in [0.717, 1.165) is 41.6 Å². The molecule has 25 heavy (non-hydrogen) atoms. The van der Waals surface area contributed by atoms with Crippen molar-refractivity contribution >= 4 is 30.6 Å². The molecule has 2 aromatic heterocycles. The van der Waals surface area contributed by atoms with E-state index in [1.54, 1.807) is 0 Å². The van der Waals surface area contributed by atoms with Crippen LogP contribution in [0, 0.1) is 6.92 Å². The largest absolute Gasteiger partial charge is 0.359 e. The van der Waals surface area contributed by atoms with Gasteiger partial charge in [0.15, 0.2) is 5.76 Å². The molecule has 138 valence electrons. The number of rotatable bonds is 5. The van der Waals surface area contributed by atoms with E-state index in [2.05, 4.69) is 16.1 Å². The normalized spacial score (nSPS) is 21.7. The van der Waals surface area contributed by atoms with Crippen molar-refractivity contribution < 1.29 is 4.52 Å². The summed E-state index contributed by atoms with van der Waals surface area (Å²) in [5.74, 6) is 3.85. The van der Waals surface area contributed by atoms with E-state index in [9.17, 15) is 0 Å². The van der Waals surface area contributed by atoms with Crippen molar-refractivity contribution in [3.05, 3.63) is 35.1 Å². The molecule has 0 saturated heterocycles. The Hall–Kier alpha value is -1.37. The standard InChI is InChI=1S/C17H23N5O.2ClH/c1-10-5-14(23-21-10)9-22(2)16-8-15(12-6-13(18)7-12)19-17(20-16)11-3-4-11;;/h5,8,11-13H,3-4,6-7,9,18H2,1-2H3;2*1H. The third-order valence-electron chi connectivity index (χ3n) is 4.75. The number of hydrogen-bond acceptors (Lipinski definition) is 6. The van der Waals surface area contributed by atoms with Crippen molar-refractivity contribution in [1.29, 1.82) is 0 Å². The highest BCUT2D eigenvalue weighted by Gasteiger charge is 2.32. The lowest BCUT2D eigenvalue weighted by Crippen LogP contribution is -2.35. The van der Waals surface area contributed by atoms with Crippen LogP contribution >= 0.6 is 24.8 Å². The van der Waals surface area contributed by atoms with Crippen LogP contribution in [-0.4, -0.2) is 28.2 Å². The van der Waals surface area contributed by atoms with E-state index in [1.807, 2.05) is 20.0 Å². The molecule has 4 rings (SSSR count). The summed E-state index contributed by atoms with van der Waals surface area (Å²) in [4.78, 5) is 11.7. The van der Waals surface area contributed by atoms with Crippen molar-refractivity contribution in [3.8, 4) is 0 Å². The molecule has 0 spiro atoms. The SMILES string of the molecule is Cc1cc(CN(C)c2cc(C3CC(N)C3)nc(C3CC3)n2)on1.Cl.Cl. The van der Waals surface area contributed by atoms with Crippen LogP contribution in [0.25, 0.3) is 0 Å². The molecule has 2 aliphatic rings. The van der Waals surface area contributed by atoms with Gasteiger partial charge in [0.05, 0.1) is 12.2 Å². The van der Waals surface area contributed by atoms with Gasteiger partial charge in [-0.25, -0.2) is 9.97 Å².